The Morgan fingerprint density at radius 1 is 1.00 bits per heavy atom. The standard InChI is InChI=1S/C24H20F3N5O3/c25-24(26,27)34-18-9-6-16(7-10-18)17-8-11-20(28)19(13-17)23(33)32(29)14-22-30-21(31-35-22)12-15-4-2-1-3-5-15/h1-11,13H,12,14,28-29H2. The number of halogens is 3. The van der Waals surface area contributed by atoms with Crippen molar-refractivity contribution in [2.24, 2.45) is 5.84 Å². The van der Waals surface area contributed by atoms with Gasteiger partial charge >= 0.3 is 6.36 Å². The molecule has 8 nitrogen and oxygen atoms in total. The number of anilines is 1. The molecule has 0 atom stereocenters. The second-order valence-electron chi connectivity index (χ2n) is 7.57. The molecule has 0 saturated heterocycles. The maximum absolute atomic E-state index is 12.9. The monoisotopic (exact) mass is 483 g/mol. The number of hydrogen-bond acceptors (Lipinski definition) is 7. The van der Waals surface area contributed by atoms with Crippen LogP contribution in [0.2, 0.25) is 0 Å². The Bertz CT molecular complexity index is 1310. The van der Waals surface area contributed by atoms with Crippen LogP contribution in [-0.2, 0) is 13.0 Å². The number of ether oxygens (including phenoxy) is 1. The number of nitrogens with zero attached hydrogens (tertiary/aromatic N) is 3. The number of benzene rings is 3. The number of nitrogen functional groups attached to an aromatic ring is 1. The summed E-state index contributed by atoms with van der Waals surface area (Å²) in [5, 5.41) is 4.81. The summed E-state index contributed by atoms with van der Waals surface area (Å²) in [6.07, 6.45) is -4.32. The normalized spacial score (nSPS) is 11.3. The highest BCUT2D eigenvalue weighted by Gasteiger charge is 2.31. The number of carbonyl (C=O) groups is 1. The van der Waals surface area contributed by atoms with E-state index < -0.39 is 12.3 Å². The molecule has 3 aromatic carbocycles. The summed E-state index contributed by atoms with van der Waals surface area (Å²) in [6.45, 7) is -0.145. The van der Waals surface area contributed by atoms with Crippen LogP contribution in [0.15, 0.2) is 77.3 Å². The minimum atomic E-state index is -4.78. The van der Waals surface area contributed by atoms with Crippen LogP contribution in [0.25, 0.3) is 11.1 Å². The Kier molecular flexibility index (Phi) is 6.69. The first-order chi connectivity index (χ1) is 16.7. The number of alkyl halides is 3. The zero-order chi connectivity index (χ0) is 25.0. The van der Waals surface area contributed by atoms with Gasteiger partial charge in [-0.05, 0) is 41.0 Å². The van der Waals surface area contributed by atoms with Crippen LogP contribution in [0.3, 0.4) is 0 Å². The maximum atomic E-state index is 12.9. The molecule has 11 heteroatoms. The molecule has 0 bridgehead atoms. The van der Waals surface area contributed by atoms with Gasteiger partial charge < -0.3 is 15.0 Å². The Hall–Kier alpha value is -4.38. The maximum Gasteiger partial charge on any atom is 0.573 e. The van der Waals surface area contributed by atoms with Crippen LogP contribution in [0.1, 0.15) is 27.6 Å². The van der Waals surface area contributed by atoms with E-state index in [4.69, 9.17) is 16.1 Å². The van der Waals surface area contributed by atoms with Crippen LogP contribution in [0.5, 0.6) is 5.75 Å². The van der Waals surface area contributed by atoms with E-state index in [-0.39, 0.29) is 29.4 Å². The summed E-state index contributed by atoms with van der Waals surface area (Å²) in [6, 6.07) is 19.5. The van der Waals surface area contributed by atoms with Crippen molar-refractivity contribution in [3.8, 4) is 16.9 Å². The molecule has 35 heavy (non-hydrogen) atoms. The van der Waals surface area contributed by atoms with Gasteiger partial charge in [-0.1, -0.05) is 53.7 Å². The number of nitrogens with two attached hydrogens (primary N) is 2. The fourth-order valence-electron chi connectivity index (χ4n) is 3.35. The smallest absolute Gasteiger partial charge is 0.406 e. The predicted octanol–water partition coefficient (Wildman–Crippen LogP) is 4.32. The molecule has 0 aliphatic rings. The van der Waals surface area contributed by atoms with E-state index in [2.05, 4.69) is 14.9 Å². The van der Waals surface area contributed by atoms with Crippen LogP contribution < -0.4 is 16.3 Å². The first kappa shape index (κ1) is 23.8. The molecular formula is C24H20F3N5O3. The van der Waals surface area contributed by atoms with Crippen molar-refractivity contribution in [2.75, 3.05) is 5.73 Å². The van der Waals surface area contributed by atoms with Gasteiger partial charge in [-0.2, -0.15) is 4.98 Å². The van der Waals surface area contributed by atoms with Crippen LogP contribution >= 0.6 is 0 Å². The van der Waals surface area contributed by atoms with Gasteiger partial charge in [0.15, 0.2) is 5.82 Å². The first-order valence-electron chi connectivity index (χ1n) is 10.4. The Morgan fingerprint density at radius 3 is 2.37 bits per heavy atom. The summed E-state index contributed by atoms with van der Waals surface area (Å²) in [5.41, 5.74) is 8.39. The number of aromatic nitrogens is 2. The number of carbonyl (C=O) groups excluding carboxylic acids is 1. The Morgan fingerprint density at radius 2 is 1.69 bits per heavy atom. The molecule has 4 N–H and O–H groups in total. The molecule has 0 fully saturated rings. The third kappa shape index (κ3) is 6.15. The summed E-state index contributed by atoms with van der Waals surface area (Å²) in [4.78, 5) is 17.2. The highest BCUT2D eigenvalue weighted by molar-refractivity contribution is 6.00. The minimum absolute atomic E-state index is 0.115. The van der Waals surface area contributed by atoms with Crippen LogP contribution in [0.4, 0.5) is 18.9 Å². The van der Waals surface area contributed by atoms with Gasteiger partial charge in [0, 0.05) is 12.1 Å². The first-order valence-corrected chi connectivity index (χ1v) is 10.4. The molecule has 4 aromatic rings. The summed E-state index contributed by atoms with van der Waals surface area (Å²) < 4.78 is 46.2. The van der Waals surface area contributed by atoms with Crippen molar-refractivity contribution in [1.82, 2.24) is 15.1 Å². The average molecular weight is 483 g/mol. The second-order valence-corrected chi connectivity index (χ2v) is 7.57. The van der Waals surface area contributed by atoms with Crippen molar-refractivity contribution < 1.29 is 27.2 Å². The highest BCUT2D eigenvalue weighted by Crippen LogP contribution is 2.28. The molecule has 1 aromatic heterocycles. The lowest BCUT2D eigenvalue weighted by atomic mass is 10.0. The van der Waals surface area contributed by atoms with Crippen molar-refractivity contribution in [2.45, 2.75) is 19.3 Å². The molecule has 180 valence electrons. The highest BCUT2D eigenvalue weighted by atomic mass is 19.4. The Labute approximate surface area is 197 Å². The third-order valence-electron chi connectivity index (χ3n) is 4.99. The van der Waals surface area contributed by atoms with E-state index in [9.17, 15) is 18.0 Å². The molecule has 4 rings (SSSR count). The molecule has 1 heterocycles. The van der Waals surface area contributed by atoms with E-state index in [1.165, 1.54) is 36.4 Å². The number of amides is 1. The molecule has 0 radical (unpaired) electrons. The molecular weight excluding hydrogens is 463 g/mol. The molecule has 0 saturated carbocycles. The molecule has 0 aliphatic heterocycles. The minimum Gasteiger partial charge on any atom is -0.406 e. The molecule has 0 spiro atoms. The predicted molar refractivity (Wildman–Crippen MR) is 121 cm³/mol. The van der Waals surface area contributed by atoms with Gasteiger partial charge in [-0.25, -0.2) is 5.84 Å². The number of hydrogen-bond donors (Lipinski definition) is 2. The zero-order valence-corrected chi connectivity index (χ0v) is 18.2. The fourth-order valence-corrected chi connectivity index (χ4v) is 3.35. The summed E-state index contributed by atoms with van der Waals surface area (Å²) in [7, 11) is 0. The van der Waals surface area contributed by atoms with E-state index in [0.29, 0.717) is 23.4 Å². The van der Waals surface area contributed by atoms with Gasteiger partial charge in [0.25, 0.3) is 5.91 Å². The van der Waals surface area contributed by atoms with Crippen molar-refractivity contribution in [3.05, 3.63) is 95.6 Å². The summed E-state index contributed by atoms with van der Waals surface area (Å²) >= 11 is 0. The zero-order valence-electron chi connectivity index (χ0n) is 18.2. The largest absolute Gasteiger partial charge is 0.573 e. The lowest BCUT2D eigenvalue weighted by Gasteiger charge is -2.16. The van der Waals surface area contributed by atoms with Gasteiger partial charge in [0.2, 0.25) is 5.89 Å². The molecule has 0 aliphatic carbocycles. The van der Waals surface area contributed by atoms with Crippen molar-refractivity contribution in [1.29, 1.82) is 0 Å². The van der Waals surface area contributed by atoms with Crippen LogP contribution in [-0.4, -0.2) is 27.4 Å². The topological polar surface area (TPSA) is 120 Å². The average Bonchev–Trinajstić information content (AvgIpc) is 3.25. The van der Waals surface area contributed by atoms with Gasteiger partial charge in [0.1, 0.15) is 12.3 Å². The second kappa shape index (κ2) is 9.85. The van der Waals surface area contributed by atoms with Crippen molar-refractivity contribution in [3.63, 3.8) is 0 Å². The van der Waals surface area contributed by atoms with Gasteiger partial charge in [0.05, 0.1) is 5.56 Å². The number of rotatable bonds is 7. The lowest BCUT2D eigenvalue weighted by molar-refractivity contribution is -0.274. The summed E-state index contributed by atoms with van der Waals surface area (Å²) in [5.74, 6) is 5.61. The van der Waals surface area contributed by atoms with Crippen LogP contribution in [0, 0.1) is 0 Å². The van der Waals surface area contributed by atoms with Crippen molar-refractivity contribution >= 4 is 11.6 Å². The number of hydrazine groups is 1. The quantitative estimate of drug-likeness (QED) is 0.174. The van der Waals surface area contributed by atoms with Gasteiger partial charge in [-0.3, -0.25) is 9.80 Å². The van der Waals surface area contributed by atoms with E-state index in [0.717, 1.165) is 10.6 Å². The molecule has 0 unspecified atom stereocenters. The Balaban J connectivity index is 1.46. The lowest BCUT2D eigenvalue weighted by Crippen LogP contribution is -2.37. The SMILES string of the molecule is Nc1ccc(-c2ccc(OC(F)(F)F)cc2)cc1C(=O)N(N)Cc1nc(Cc2ccccc2)no1. The molecule has 1 amide bonds. The van der Waals surface area contributed by atoms with E-state index in [1.54, 1.807) is 6.07 Å². The third-order valence-corrected chi connectivity index (χ3v) is 4.99. The van der Waals surface area contributed by atoms with E-state index in [1.807, 2.05) is 30.3 Å². The fraction of sp³-hybridized carbons (Fsp3) is 0.125. The van der Waals surface area contributed by atoms with E-state index >= 15 is 0 Å². The van der Waals surface area contributed by atoms with Gasteiger partial charge in [-0.15, -0.1) is 13.2 Å².